The summed E-state index contributed by atoms with van der Waals surface area (Å²) < 4.78 is -0.0486. The number of carboxylic acids is 2. The number of hydrogen-bond acceptors (Lipinski definition) is 4. The zero-order valence-corrected chi connectivity index (χ0v) is 8.35. The van der Waals surface area contributed by atoms with Crippen LogP contribution in [0.5, 0.6) is 0 Å². The monoisotopic (exact) mass is 231 g/mol. The van der Waals surface area contributed by atoms with Crippen molar-refractivity contribution in [2.24, 2.45) is 0 Å². The second kappa shape index (κ2) is 3.81. The van der Waals surface area contributed by atoms with Crippen LogP contribution >= 0.6 is 24.8 Å². The fourth-order valence-corrected chi connectivity index (χ4v) is 1.44. The molecular weight excluding hydrogens is 226 g/mol. The summed E-state index contributed by atoms with van der Waals surface area (Å²) in [5, 5.41) is 17.4. The van der Waals surface area contributed by atoms with Gasteiger partial charge in [-0.1, -0.05) is 12.2 Å². The number of thiol groups is 1. The molecule has 0 radical (unpaired) electrons. The molecule has 0 amide bonds. The van der Waals surface area contributed by atoms with E-state index in [1.54, 1.807) is 0 Å². The number of hydrogen-bond donors (Lipinski definition) is 4. The molecule has 0 spiro atoms. The van der Waals surface area contributed by atoms with Crippen LogP contribution in [0.4, 0.5) is 0 Å². The highest BCUT2D eigenvalue weighted by Gasteiger charge is 2.14. The average molecular weight is 231 g/mol. The second-order valence-electron chi connectivity index (χ2n) is 2.38. The van der Waals surface area contributed by atoms with Crippen molar-refractivity contribution in [1.29, 1.82) is 0 Å². The Morgan fingerprint density at radius 2 is 1.79 bits per heavy atom. The van der Waals surface area contributed by atoms with E-state index < -0.39 is 11.9 Å². The smallest absolute Gasteiger partial charge is 0.338 e. The third kappa shape index (κ3) is 1.94. The third-order valence-corrected chi connectivity index (χ3v) is 2.16. The quantitative estimate of drug-likeness (QED) is 0.456. The van der Waals surface area contributed by atoms with Crippen molar-refractivity contribution in [1.82, 2.24) is 4.98 Å². The molecule has 0 fully saturated rings. The highest BCUT2D eigenvalue weighted by Crippen LogP contribution is 2.14. The Morgan fingerprint density at radius 3 is 2.21 bits per heavy atom. The van der Waals surface area contributed by atoms with Crippen molar-refractivity contribution in [2.45, 2.75) is 5.03 Å². The molecule has 0 saturated heterocycles. The zero-order valence-electron chi connectivity index (χ0n) is 6.64. The van der Waals surface area contributed by atoms with E-state index in [0.29, 0.717) is 0 Å². The summed E-state index contributed by atoms with van der Waals surface area (Å²) in [6.07, 6.45) is 0. The van der Waals surface area contributed by atoms with Crippen LogP contribution in [0.3, 0.4) is 0 Å². The summed E-state index contributed by atoms with van der Waals surface area (Å²) in [4.78, 5) is 23.6. The molecule has 0 atom stereocenters. The number of carbonyl (C=O) groups is 2. The van der Waals surface area contributed by atoms with Crippen LogP contribution in [0.25, 0.3) is 0 Å². The number of carboxylic acid groups (broad SMARTS) is 2. The fraction of sp³-hybridized carbons (Fsp3) is 0. The molecule has 1 rings (SSSR count). The van der Waals surface area contributed by atoms with Crippen molar-refractivity contribution in [3.63, 3.8) is 0 Å². The van der Waals surface area contributed by atoms with Gasteiger partial charge >= 0.3 is 11.9 Å². The minimum Gasteiger partial charge on any atom is -0.478 e. The van der Waals surface area contributed by atoms with Crippen LogP contribution < -0.4 is 0 Å². The lowest BCUT2D eigenvalue weighted by Gasteiger charge is -2.01. The van der Waals surface area contributed by atoms with Gasteiger partial charge < -0.3 is 15.2 Å². The maximum Gasteiger partial charge on any atom is 0.338 e. The largest absolute Gasteiger partial charge is 0.478 e. The molecule has 0 saturated carbocycles. The molecule has 14 heavy (non-hydrogen) atoms. The Morgan fingerprint density at radius 1 is 1.29 bits per heavy atom. The van der Waals surface area contributed by atoms with E-state index in [1.165, 1.54) is 0 Å². The van der Waals surface area contributed by atoms with Gasteiger partial charge in [-0.05, 0) is 6.07 Å². The van der Waals surface area contributed by atoms with Crippen LogP contribution in [-0.4, -0.2) is 27.1 Å². The van der Waals surface area contributed by atoms with E-state index in [1.807, 2.05) is 0 Å². The van der Waals surface area contributed by atoms with Crippen molar-refractivity contribution < 1.29 is 19.8 Å². The number of nitrogens with one attached hydrogen (secondary N) is 1. The number of aromatic amines is 1. The molecule has 7 heteroatoms. The van der Waals surface area contributed by atoms with E-state index in [0.717, 1.165) is 6.07 Å². The first-order chi connectivity index (χ1) is 6.43. The van der Waals surface area contributed by atoms with Gasteiger partial charge in [-0.2, -0.15) is 0 Å². The van der Waals surface area contributed by atoms with Gasteiger partial charge in [0, 0.05) is 0 Å². The Hall–Kier alpha value is -1.34. The molecular formula is C7H5NO4S2. The maximum atomic E-state index is 10.6. The standard InChI is InChI=1S/C7H5NO4S2/c9-6(10)2-1-3(7(11)12)5(14)8-4(2)13/h1H,(H,9,10)(H,11,12)(H2,8,13,14). The number of pyridine rings is 1. The van der Waals surface area contributed by atoms with Gasteiger partial charge in [0.15, 0.2) is 0 Å². The molecule has 1 aromatic rings. The first kappa shape index (κ1) is 10.7. The summed E-state index contributed by atoms with van der Waals surface area (Å²) in [6, 6.07) is 0.978. The lowest BCUT2D eigenvalue weighted by Crippen LogP contribution is -2.06. The number of rotatable bonds is 2. The van der Waals surface area contributed by atoms with Gasteiger partial charge in [0.25, 0.3) is 0 Å². The van der Waals surface area contributed by atoms with Gasteiger partial charge in [-0.15, -0.1) is 12.6 Å². The van der Waals surface area contributed by atoms with E-state index in [2.05, 4.69) is 29.8 Å². The van der Waals surface area contributed by atoms with Crippen LogP contribution in [0, 0.1) is 4.64 Å². The molecule has 74 valence electrons. The van der Waals surface area contributed by atoms with Crippen molar-refractivity contribution in [2.75, 3.05) is 0 Å². The molecule has 1 aromatic heterocycles. The fourth-order valence-electron chi connectivity index (χ4n) is 0.842. The Balaban J connectivity index is 3.50. The predicted molar refractivity (Wildman–Crippen MR) is 52.8 cm³/mol. The molecule has 5 nitrogen and oxygen atoms in total. The summed E-state index contributed by atoms with van der Waals surface area (Å²) in [5.41, 5.74) is -0.477. The molecule has 1 heterocycles. The molecule has 0 aliphatic heterocycles. The van der Waals surface area contributed by atoms with Crippen molar-refractivity contribution in [3.8, 4) is 0 Å². The zero-order chi connectivity index (χ0) is 10.9. The van der Waals surface area contributed by atoms with E-state index in [-0.39, 0.29) is 20.8 Å². The van der Waals surface area contributed by atoms with Gasteiger partial charge in [0.2, 0.25) is 0 Å². The van der Waals surface area contributed by atoms with Crippen LogP contribution in [-0.2, 0) is 0 Å². The Labute approximate surface area is 88.8 Å². The lowest BCUT2D eigenvalue weighted by molar-refractivity contribution is 0.0692. The van der Waals surface area contributed by atoms with E-state index in [9.17, 15) is 9.59 Å². The minimum atomic E-state index is -1.28. The second-order valence-corrected chi connectivity index (χ2v) is 3.24. The highest BCUT2D eigenvalue weighted by atomic mass is 32.1. The minimum absolute atomic E-state index is 0.0347. The molecule has 0 unspecified atom stereocenters. The van der Waals surface area contributed by atoms with Gasteiger partial charge in [-0.25, -0.2) is 9.59 Å². The molecule has 0 aliphatic carbocycles. The van der Waals surface area contributed by atoms with Crippen LogP contribution in [0.15, 0.2) is 11.1 Å². The number of aromatic carboxylic acids is 2. The summed E-state index contributed by atoms with van der Waals surface area (Å²) in [7, 11) is 0. The summed E-state index contributed by atoms with van der Waals surface area (Å²) in [6.45, 7) is 0. The number of H-pyrrole nitrogens is 1. The molecule has 0 bridgehead atoms. The van der Waals surface area contributed by atoms with Crippen molar-refractivity contribution in [3.05, 3.63) is 21.8 Å². The SMILES string of the molecule is O=C(O)c1cc(C(=O)O)c(=S)[nH]c1S. The average Bonchev–Trinajstić information content (AvgIpc) is 2.02. The van der Waals surface area contributed by atoms with Crippen molar-refractivity contribution >= 4 is 36.8 Å². The lowest BCUT2D eigenvalue weighted by atomic mass is 10.2. The predicted octanol–water partition coefficient (Wildman–Crippen LogP) is 1.43. The first-order valence-electron chi connectivity index (χ1n) is 3.36. The highest BCUT2D eigenvalue weighted by molar-refractivity contribution is 7.80. The van der Waals surface area contributed by atoms with Crippen LogP contribution in [0.1, 0.15) is 20.7 Å². The van der Waals surface area contributed by atoms with Crippen LogP contribution in [0.2, 0.25) is 0 Å². The van der Waals surface area contributed by atoms with Gasteiger partial charge in [0.05, 0.1) is 16.2 Å². The molecule has 3 N–H and O–H groups in total. The first-order valence-corrected chi connectivity index (χ1v) is 4.22. The molecule has 0 aliphatic rings. The normalized spacial score (nSPS) is 9.79. The maximum absolute atomic E-state index is 10.6. The Bertz CT molecular complexity index is 465. The number of aromatic nitrogens is 1. The molecule has 0 aromatic carbocycles. The van der Waals surface area contributed by atoms with E-state index >= 15 is 0 Å². The van der Waals surface area contributed by atoms with E-state index in [4.69, 9.17) is 10.2 Å². The van der Waals surface area contributed by atoms with Gasteiger partial charge in [-0.3, -0.25) is 0 Å². The Kier molecular flexibility index (Phi) is 2.92. The summed E-state index contributed by atoms with van der Waals surface area (Å²) >= 11 is 8.51. The summed E-state index contributed by atoms with van der Waals surface area (Å²) in [5.74, 6) is -2.54. The third-order valence-electron chi connectivity index (χ3n) is 1.48. The topological polar surface area (TPSA) is 90.4 Å². The van der Waals surface area contributed by atoms with Gasteiger partial charge in [0.1, 0.15) is 4.64 Å².